The number of rotatable bonds is 4. The predicted octanol–water partition coefficient (Wildman–Crippen LogP) is 2.93. The van der Waals surface area contributed by atoms with Gasteiger partial charge in [0.1, 0.15) is 0 Å². The third-order valence-corrected chi connectivity index (χ3v) is 6.56. The highest BCUT2D eigenvalue weighted by Crippen LogP contribution is 2.33. The molecule has 3 aliphatic rings. The van der Waals surface area contributed by atoms with E-state index in [9.17, 15) is 14.9 Å². The minimum atomic E-state index is -0.424. The van der Waals surface area contributed by atoms with Crippen molar-refractivity contribution in [2.45, 2.75) is 31.8 Å². The molecule has 0 saturated carbocycles. The van der Waals surface area contributed by atoms with Gasteiger partial charge in [0.25, 0.3) is 11.6 Å². The number of aromatic nitrogens is 1. The monoisotopic (exact) mass is 372 g/mol. The number of non-ortho nitro benzene ring substituents is 1. The number of nitro benzene ring substituents is 1. The molecule has 5 rings (SSSR count). The maximum atomic E-state index is 12.7. The molecule has 26 heavy (non-hydrogen) atoms. The van der Waals surface area contributed by atoms with E-state index in [1.54, 1.807) is 18.3 Å². The van der Waals surface area contributed by atoms with Gasteiger partial charge in [-0.15, -0.1) is 11.3 Å². The molecule has 1 aromatic heterocycles. The molecule has 1 N–H and O–H groups in total. The molecule has 2 aromatic rings. The number of hydrogen-bond acceptors (Lipinski definition) is 6. The average molecular weight is 372 g/mol. The van der Waals surface area contributed by atoms with E-state index in [2.05, 4.69) is 22.1 Å². The number of nitrogens with zero attached hydrogens (tertiary/aromatic N) is 3. The molecule has 2 atom stereocenters. The summed E-state index contributed by atoms with van der Waals surface area (Å²) >= 11 is 1.26. The number of carbonyl (C=O) groups is 1. The van der Waals surface area contributed by atoms with Crippen LogP contribution >= 0.6 is 11.3 Å². The van der Waals surface area contributed by atoms with Crippen molar-refractivity contribution in [1.82, 2.24) is 15.2 Å². The van der Waals surface area contributed by atoms with E-state index in [0.717, 1.165) is 30.8 Å². The summed E-state index contributed by atoms with van der Waals surface area (Å²) in [7, 11) is 0. The van der Waals surface area contributed by atoms with Gasteiger partial charge >= 0.3 is 0 Å². The summed E-state index contributed by atoms with van der Waals surface area (Å²) in [6.07, 6.45) is 3.87. The standard InChI is InChI=1S/C18H20N4O3S/c1-11-16(12-5-7-21(11)8-6-12)20-17(23)18-19-10-15(26-18)13-3-2-4-14(9-13)22(24)25/h2-4,9-12,16H,5-8H2,1H3,(H,20,23). The topological polar surface area (TPSA) is 88.4 Å². The van der Waals surface area contributed by atoms with E-state index in [4.69, 9.17) is 0 Å². The van der Waals surface area contributed by atoms with Crippen LogP contribution in [-0.2, 0) is 0 Å². The fourth-order valence-corrected chi connectivity index (χ4v) is 4.86. The molecule has 1 amide bonds. The molecule has 4 heterocycles. The normalized spacial score (nSPS) is 27.3. The van der Waals surface area contributed by atoms with Crippen LogP contribution in [0.25, 0.3) is 10.4 Å². The maximum absolute atomic E-state index is 12.7. The second-order valence-electron chi connectivity index (χ2n) is 6.95. The van der Waals surface area contributed by atoms with Crippen molar-refractivity contribution in [2.24, 2.45) is 5.92 Å². The van der Waals surface area contributed by atoms with Crippen LogP contribution < -0.4 is 5.32 Å². The Labute approximate surface area is 155 Å². The van der Waals surface area contributed by atoms with Crippen LogP contribution in [0, 0.1) is 16.0 Å². The summed E-state index contributed by atoms with van der Waals surface area (Å²) < 4.78 is 0. The smallest absolute Gasteiger partial charge is 0.280 e. The van der Waals surface area contributed by atoms with Gasteiger partial charge in [-0.2, -0.15) is 0 Å². The Morgan fingerprint density at radius 1 is 1.38 bits per heavy atom. The first-order valence-electron chi connectivity index (χ1n) is 8.78. The average Bonchev–Trinajstić information content (AvgIpc) is 3.15. The molecule has 0 aliphatic carbocycles. The Bertz CT molecular complexity index is 842. The molecular weight excluding hydrogens is 352 g/mol. The van der Waals surface area contributed by atoms with Gasteiger partial charge in [0.05, 0.1) is 9.80 Å². The van der Waals surface area contributed by atoms with Gasteiger partial charge in [-0.25, -0.2) is 4.98 Å². The lowest BCUT2D eigenvalue weighted by Crippen LogP contribution is -2.62. The second kappa shape index (κ2) is 6.77. The van der Waals surface area contributed by atoms with E-state index in [1.165, 1.54) is 23.5 Å². The molecule has 3 saturated heterocycles. The van der Waals surface area contributed by atoms with Gasteiger partial charge < -0.3 is 5.32 Å². The molecular formula is C18H20N4O3S. The molecule has 3 aliphatic heterocycles. The third-order valence-electron chi connectivity index (χ3n) is 5.52. The number of fused-ring (bicyclic) bond motifs is 3. The second-order valence-corrected chi connectivity index (χ2v) is 7.98. The number of carbonyl (C=O) groups excluding carboxylic acids is 1. The van der Waals surface area contributed by atoms with Crippen molar-refractivity contribution in [3.05, 3.63) is 45.6 Å². The molecule has 1 aromatic carbocycles. The Kier molecular flexibility index (Phi) is 4.46. The molecule has 7 nitrogen and oxygen atoms in total. The Morgan fingerprint density at radius 3 is 2.85 bits per heavy atom. The Hall–Kier alpha value is -2.32. The highest BCUT2D eigenvalue weighted by molar-refractivity contribution is 7.17. The van der Waals surface area contributed by atoms with E-state index in [1.807, 2.05) is 0 Å². The van der Waals surface area contributed by atoms with Crippen molar-refractivity contribution in [1.29, 1.82) is 0 Å². The van der Waals surface area contributed by atoms with Gasteiger partial charge in [-0.3, -0.25) is 19.8 Å². The number of amides is 1. The Balaban J connectivity index is 1.50. The summed E-state index contributed by atoms with van der Waals surface area (Å²) in [6, 6.07) is 6.90. The minimum absolute atomic E-state index is 0.0306. The molecule has 0 radical (unpaired) electrons. The van der Waals surface area contributed by atoms with Crippen LogP contribution in [0.4, 0.5) is 5.69 Å². The Morgan fingerprint density at radius 2 is 2.15 bits per heavy atom. The number of piperidine rings is 3. The van der Waals surface area contributed by atoms with Crippen molar-refractivity contribution >= 4 is 22.9 Å². The maximum Gasteiger partial charge on any atom is 0.280 e. The van der Waals surface area contributed by atoms with E-state index < -0.39 is 4.92 Å². The fourth-order valence-electron chi connectivity index (χ4n) is 4.04. The highest BCUT2D eigenvalue weighted by atomic mass is 32.1. The summed E-state index contributed by atoms with van der Waals surface area (Å²) in [5.41, 5.74) is 0.731. The minimum Gasteiger partial charge on any atom is -0.345 e. The SMILES string of the molecule is CC1C(NC(=O)c2ncc(-c3cccc([N+](=O)[O-])c3)s2)C2CCN1CC2. The highest BCUT2D eigenvalue weighted by Gasteiger charge is 2.40. The molecule has 2 bridgehead atoms. The zero-order valence-electron chi connectivity index (χ0n) is 14.4. The lowest BCUT2D eigenvalue weighted by Gasteiger charge is -2.49. The summed E-state index contributed by atoms with van der Waals surface area (Å²) in [5, 5.41) is 14.5. The number of benzene rings is 1. The van der Waals surface area contributed by atoms with Crippen molar-refractivity contribution < 1.29 is 9.72 Å². The first-order chi connectivity index (χ1) is 12.5. The quantitative estimate of drug-likeness (QED) is 0.658. The number of nitro groups is 1. The van der Waals surface area contributed by atoms with Crippen LogP contribution in [0.15, 0.2) is 30.5 Å². The fraction of sp³-hybridized carbons (Fsp3) is 0.444. The third kappa shape index (κ3) is 3.10. The van der Waals surface area contributed by atoms with Gasteiger partial charge in [0.15, 0.2) is 5.01 Å². The van der Waals surface area contributed by atoms with Crippen molar-refractivity contribution in [3.8, 4) is 10.4 Å². The zero-order chi connectivity index (χ0) is 18.3. The summed E-state index contributed by atoms with van der Waals surface area (Å²) in [6.45, 7) is 4.41. The van der Waals surface area contributed by atoms with Crippen LogP contribution in [0.5, 0.6) is 0 Å². The molecule has 8 heteroatoms. The van der Waals surface area contributed by atoms with Gasteiger partial charge in [0, 0.05) is 36.0 Å². The van der Waals surface area contributed by atoms with Crippen molar-refractivity contribution in [3.63, 3.8) is 0 Å². The molecule has 0 spiro atoms. The van der Waals surface area contributed by atoms with Crippen LogP contribution in [-0.4, -0.2) is 45.9 Å². The first kappa shape index (κ1) is 17.1. The van der Waals surface area contributed by atoms with Crippen LogP contribution in [0.3, 0.4) is 0 Å². The van der Waals surface area contributed by atoms with E-state index in [0.29, 0.717) is 22.5 Å². The predicted molar refractivity (Wildman–Crippen MR) is 99.2 cm³/mol. The zero-order valence-corrected chi connectivity index (χ0v) is 15.2. The van der Waals surface area contributed by atoms with Crippen molar-refractivity contribution in [2.75, 3.05) is 13.1 Å². The van der Waals surface area contributed by atoms with Crippen LogP contribution in [0.2, 0.25) is 0 Å². The summed E-state index contributed by atoms with van der Waals surface area (Å²) in [4.78, 5) is 30.6. The number of hydrogen-bond donors (Lipinski definition) is 1. The lowest BCUT2D eigenvalue weighted by atomic mass is 9.79. The number of nitrogens with one attached hydrogen (secondary N) is 1. The molecule has 3 fully saturated rings. The lowest BCUT2D eigenvalue weighted by molar-refractivity contribution is -0.384. The van der Waals surface area contributed by atoms with Gasteiger partial charge in [-0.05, 0) is 38.8 Å². The summed E-state index contributed by atoms with van der Waals surface area (Å²) in [5.74, 6) is 0.382. The first-order valence-corrected chi connectivity index (χ1v) is 9.60. The van der Waals surface area contributed by atoms with Gasteiger partial charge in [-0.1, -0.05) is 12.1 Å². The van der Waals surface area contributed by atoms with Crippen LogP contribution in [0.1, 0.15) is 29.6 Å². The molecule has 136 valence electrons. The van der Waals surface area contributed by atoms with Gasteiger partial charge in [0.2, 0.25) is 0 Å². The number of thiazole rings is 1. The largest absolute Gasteiger partial charge is 0.345 e. The van der Waals surface area contributed by atoms with E-state index >= 15 is 0 Å². The van der Waals surface area contributed by atoms with E-state index in [-0.39, 0.29) is 17.6 Å². The molecule has 2 unspecified atom stereocenters.